The molecule has 0 bridgehead atoms. The smallest absolute Gasteiger partial charge is 0.168 e. The summed E-state index contributed by atoms with van der Waals surface area (Å²) in [6.07, 6.45) is 0.718. The van der Waals surface area contributed by atoms with Crippen LogP contribution in [0.5, 0.6) is 0 Å². The van der Waals surface area contributed by atoms with Gasteiger partial charge in [0.1, 0.15) is 0 Å². The number of nitrogens with one attached hydrogen (secondary N) is 1. The predicted molar refractivity (Wildman–Crippen MR) is 78.9 cm³/mol. The fourth-order valence-corrected chi connectivity index (χ4v) is 1.89. The maximum atomic E-state index is 14.0. The minimum atomic E-state index is -0.693. The molecular weight excluding hydrogens is 280 g/mol. The van der Waals surface area contributed by atoms with E-state index in [4.69, 9.17) is 9.47 Å². The van der Waals surface area contributed by atoms with E-state index >= 15 is 0 Å². The number of hydrogen-bond acceptors (Lipinski definition) is 5. The molecule has 0 aliphatic rings. The van der Waals surface area contributed by atoms with Gasteiger partial charge in [-0.3, -0.25) is 0 Å². The molecule has 5 nitrogen and oxygen atoms in total. The quantitative estimate of drug-likeness (QED) is 0.672. The summed E-state index contributed by atoms with van der Waals surface area (Å²) in [7, 11) is 3.19. The average molecular weight is 303 g/mol. The van der Waals surface area contributed by atoms with Crippen molar-refractivity contribution in [3.63, 3.8) is 0 Å². The Labute approximate surface area is 124 Å². The monoisotopic (exact) mass is 303 g/mol. The third-order valence-electron chi connectivity index (χ3n) is 2.90. The van der Waals surface area contributed by atoms with E-state index in [1.165, 1.54) is 0 Å². The van der Waals surface area contributed by atoms with Crippen molar-refractivity contribution in [1.29, 1.82) is 0 Å². The van der Waals surface area contributed by atoms with Crippen LogP contribution >= 0.6 is 0 Å². The first-order chi connectivity index (χ1) is 10.1. The summed E-state index contributed by atoms with van der Waals surface area (Å²) in [6, 6.07) is 0.858. The number of ether oxygens (including phenoxy) is 2. The molecule has 0 aliphatic heterocycles. The van der Waals surface area contributed by atoms with E-state index in [1.807, 2.05) is 6.92 Å². The van der Waals surface area contributed by atoms with Gasteiger partial charge in [0.25, 0.3) is 0 Å². The molecule has 1 rings (SSSR count). The zero-order chi connectivity index (χ0) is 15.7. The van der Waals surface area contributed by atoms with Gasteiger partial charge in [0.2, 0.25) is 0 Å². The molecule has 0 aliphatic carbocycles. The van der Waals surface area contributed by atoms with E-state index in [0.717, 1.165) is 12.5 Å². The van der Waals surface area contributed by atoms with Crippen LogP contribution in [0, 0.1) is 11.6 Å². The van der Waals surface area contributed by atoms with E-state index in [9.17, 15) is 8.78 Å². The third-order valence-corrected chi connectivity index (χ3v) is 2.90. The Kier molecular flexibility index (Phi) is 7.92. The van der Waals surface area contributed by atoms with Gasteiger partial charge in [0, 0.05) is 46.5 Å². The Morgan fingerprint density at radius 1 is 1.14 bits per heavy atom. The maximum absolute atomic E-state index is 14.0. The lowest BCUT2D eigenvalue weighted by molar-refractivity contribution is 0.190. The summed E-state index contributed by atoms with van der Waals surface area (Å²) in [5, 5.41) is 2.79. The number of methoxy groups -OCH3 is 2. The van der Waals surface area contributed by atoms with Crippen LogP contribution in [0.2, 0.25) is 0 Å². The molecule has 0 aromatic carbocycles. The Hall–Kier alpha value is -1.47. The Morgan fingerprint density at radius 3 is 2.48 bits per heavy atom. The van der Waals surface area contributed by atoms with Crippen molar-refractivity contribution in [3.05, 3.63) is 17.7 Å². The Balaban J connectivity index is 2.95. The molecule has 0 unspecified atom stereocenters. The van der Waals surface area contributed by atoms with Crippen LogP contribution in [0.4, 0.5) is 20.4 Å². The summed E-state index contributed by atoms with van der Waals surface area (Å²) in [4.78, 5) is 5.80. The normalized spacial score (nSPS) is 10.7. The molecule has 1 N–H and O–H groups in total. The molecule has 120 valence electrons. The molecule has 1 aromatic rings. The van der Waals surface area contributed by atoms with Crippen LogP contribution in [-0.4, -0.2) is 52.1 Å². The predicted octanol–water partition coefficient (Wildman–Crippen LogP) is 2.28. The first-order valence-electron chi connectivity index (χ1n) is 6.96. The van der Waals surface area contributed by atoms with E-state index in [0.29, 0.717) is 32.8 Å². The van der Waals surface area contributed by atoms with Crippen molar-refractivity contribution in [2.75, 3.05) is 57.3 Å². The van der Waals surface area contributed by atoms with Gasteiger partial charge in [0.15, 0.2) is 23.3 Å². The van der Waals surface area contributed by atoms with E-state index < -0.39 is 11.6 Å². The van der Waals surface area contributed by atoms with Gasteiger partial charge in [-0.25, -0.2) is 13.8 Å². The zero-order valence-corrected chi connectivity index (χ0v) is 12.8. The van der Waals surface area contributed by atoms with E-state index in [2.05, 4.69) is 10.3 Å². The Morgan fingerprint density at radius 2 is 1.86 bits per heavy atom. The molecule has 1 aromatic heterocycles. The van der Waals surface area contributed by atoms with Gasteiger partial charge >= 0.3 is 0 Å². The molecule has 21 heavy (non-hydrogen) atoms. The molecule has 0 fully saturated rings. The van der Waals surface area contributed by atoms with Crippen molar-refractivity contribution in [1.82, 2.24) is 4.98 Å². The van der Waals surface area contributed by atoms with Crippen LogP contribution < -0.4 is 10.2 Å². The molecule has 1 heterocycles. The number of anilines is 2. The molecule has 0 saturated heterocycles. The summed E-state index contributed by atoms with van der Waals surface area (Å²) < 4.78 is 37.7. The highest BCUT2D eigenvalue weighted by Gasteiger charge is 2.17. The number of halogens is 2. The second kappa shape index (κ2) is 9.46. The average Bonchev–Trinajstić information content (AvgIpc) is 2.46. The van der Waals surface area contributed by atoms with E-state index in [1.54, 1.807) is 19.1 Å². The van der Waals surface area contributed by atoms with Crippen LogP contribution in [0.25, 0.3) is 0 Å². The lowest BCUT2D eigenvalue weighted by atomic mass is 10.3. The summed E-state index contributed by atoms with van der Waals surface area (Å²) in [5.41, 5.74) is 0. The molecular formula is C14H23F2N3O2. The second-order valence-corrected chi connectivity index (χ2v) is 4.48. The van der Waals surface area contributed by atoms with Crippen LogP contribution in [0.1, 0.15) is 13.3 Å². The number of rotatable bonds is 10. The molecule has 0 radical (unpaired) electrons. The highest BCUT2D eigenvalue weighted by molar-refractivity contribution is 5.49. The minimum absolute atomic E-state index is 0.0584. The third kappa shape index (κ3) is 5.43. The maximum Gasteiger partial charge on any atom is 0.168 e. The first kappa shape index (κ1) is 17.6. The second-order valence-electron chi connectivity index (χ2n) is 4.48. The number of nitrogens with zero attached hydrogens (tertiary/aromatic N) is 2. The van der Waals surface area contributed by atoms with Gasteiger partial charge in [0.05, 0.1) is 6.61 Å². The molecule has 0 saturated carbocycles. The number of hydrogen-bond donors (Lipinski definition) is 1. The SMILES string of the molecule is CCNc1nc(N(CCCOC)CCOC)c(F)cc1F. The van der Waals surface area contributed by atoms with Gasteiger partial charge < -0.3 is 19.7 Å². The standard InChI is InChI=1S/C14H23F2N3O2/c1-4-17-13-11(15)10-12(16)14(18-13)19(7-9-21-3)6-5-8-20-2/h10H,4-9H2,1-3H3,(H,17,18). The summed E-state index contributed by atoms with van der Waals surface area (Å²) >= 11 is 0. The lowest BCUT2D eigenvalue weighted by Gasteiger charge is -2.24. The van der Waals surface area contributed by atoms with Crippen molar-refractivity contribution in [3.8, 4) is 0 Å². The fraction of sp³-hybridized carbons (Fsp3) is 0.643. The van der Waals surface area contributed by atoms with Gasteiger partial charge in [-0.05, 0) is 13.3 Å². The topological polar surface area (TPSA) is 46.6 Å². The minimum Gasteiger partial charge on any atom is -0.385 e. The highest BCUT2D eigenvalue weighted by atomic mass is 19.1. The van der Waals surface area contributed by atoms with Crippen molar-refractivity contribution >= 4 is 11.6 Å². The van der Waals surface area contributed by atoms with E-state index in [-0.39, 0.29) is 11.6 Å². The van der Waals surface area contributed by atoms with Crippen molar-refractivity contribution in [2.45, 2.75) is 13.3 Å². The number of aromatic nitrogens is 1. The van der Waals surface area contributed by atoms with Crippen LogP contribution in [0.15, 0.2) is 6.07 Å². The first-order valence-corrected chi connectivity index (χ1v) is 6.96. The van der Waals surface area contributed by atoms with Gasteiger partial charge in [-0.1, -0.05) is 0 Å². The van der Waals surface area contributed by atoms with Crippen LogP contribution in [-0.2, 0) is 9.47 Å². The number of pyridine rings is 1. The largest absolute Gasteiger partial charge is 0.385 e. The van der Waals surface area contributed by atoms with Gasteiger partial charge in [-0.2, -0.15) is 0 Å². The highest BCUT2D eigenvalue weighted by Crippen LogP contribution is 2.22. The molecule has 7 heteroatoms. The van der Waals surface area contributed by atoms with Crippen molar-refractivity contribution < 1.29 is 18.3 Å². The fourth-order valence-electron chi connectivity index (χ4n) is 1.89. The van der Waals surface area contributed by atoms with Crippen LogP contribution in [0.3, 0.4) is 0 Å². The van der Waals surface area contributed by atoms with Gasteiger partial charge in [-0.15, -0.1) is 0 Å². The summed E-state index contributed by atoms with van der Waals surface area (Å²) in [6.45, 7) is 4.36. The molecule has 0 atom stereocenters. The van der Waals surface area contributed by atoms with Crippen molar-refractivity contribution in [2.24, 2.45) is 0 Å². The molecule has 0 amide bonds. The lowest BCUT2D eigenvalue weighted by Crippen LogP contribution is -2.31. The summed E-state index contributed by atoms with van der Waals surface area (Å²) in [5.74, 6) is -1.19. The zero-order valence-electron chi connectivity index (χ0n) is 12.8. The molecule has 0 spiro atoms. The Bertz CT molecular complexity index is 433.